The molecule has 1 saturated heterocycles. The highest BCUT2D eigenvalue weighted by Gasteiger charge is 2.37. The Hall–Kier alpha value is -0.680. The van der Waals surface area contributed by atoms with Gasteiger partial charge in [-0.2, -0.15) is 5.10 Å². The fourth-order valence-electron chi connectivity index (χ4n) is 3.09. The number of rotatable bonds is 5. The zero-order valence-corrected chi connectivity index (χ0v) is 15.1. The molecule has 4 nitrogen and oxygen atoms in total. The van der Waals surface area contributed by atoms with Crippen LogP contribution in [0.3, 0.4) is 0 Å². The van der Waals surface area contributed by atoms with E-state index in [9.17, 15) is 4.79 Å². The van der Waals surface area contributed by atoms with Crippen LogP contribution in [0.5, 0.6) is 0 Å². The summed E-state index contributed by atoms with van der Waals surface area (Å²) < 4.78 is 2.84. The highest BCUT2D eigenvalue weighted by molar-refractivity contribution is 9.10. The molecule has 21 heavy (non-hydrogen) atoms. The molecule has 0 aliphatic carbocycles. The third-order valence-corrected chi connectivity index (χ3v) is 5.78. The van der Waals surface area contributed by atoms with E-state index in [4.69, 9.17) is 0 Å². The van der Waals surface area contributed by atoms with Gasteiger partial charge >= 0.3 is 0 Å². The van der Waals surface area contributed by atoms with E-state index in [1.807, 2.05) is 11.7 Å². The van der Waals surface area contributed by atoms with E-state index in [2.05, 4.69) is 47.1 Å². The molecule has 2 rings (SSSR count). The number of aryl methyl sites for hydroxylation is 2. The summed E-state index contributed by atoms with van der Waals surface area (Å²) in [6, 6.07) is 0. The summed E-state index contributed by atoms with van der Waals surface area (Å²) in [4.78, 5) is 12.8. The zero-order valence-electron chi connectivity index (χ0n) is 13.5. The molecule has 0 aromatic carbocycles. The van der Waals surface area contributed by atoms with Crippen molar-refractivity contribution in [3.8, 4) is 0 Å². The number of aromatic nitrogens is 2. The van der Waals surface area contributed by atoms with Crippen molar-refractivity contribution in [2.45, 2.75) is 46.5 Å². The lowest BCUT2D eigenvalue weighted by atomic mass is 9.71. The highest BCUT2D eigenvalue weighted by atomic mass is 79.9. The lowest BCUT2D eigenvalue weighted by Crippen LogP contribution is -2.43. The number of nitrogens with one attached hydrogen (secondary N) is 1. The first-order valence-corrected chi connectivity index (χ1v) is 8.61. The van der Waals surface area contributed by atoms with Crippen molar-refractivity contribution in [3.05, 3.63) is 15.9 Å². The number of Topliss-reactive ketones (excluding diaryl/α,β-unsaturated/α-hetero) is 1. The van der Waals surface area contributed by atoms with E-state index >= 15 is 0 Å². The number of halogens is 1. The van der Waals surface area contributed by atoms with Crippen molar-refractivity contribution in [1.82, 2.24) is 15.1 Å². The van der Waals surface area contributed by atoms with Crippen LogP contribution in [0.2, 0.25) is 0 Å². The number of nitrogens with zero attached hydrogens (tertiary/aromatic N) is 2. The van der Waals surface area contributed by atoms with Gasteiger partial charge in [-0.3, -0.25) is 9.48 Å². The van der Waals surface area contributed by atoms with Gasteiger partial charge in [-0.15, -0.1) is 0 Å². The first-order valence-electron chi connectivity index (χ1n) is 7.82. The van der Waals surface area contributed by atoms with Crippen LogP contribution in [-0.4, -0.2) is 28.7 Å². The van der Waals surface area contributed by atoms with E-state index in [0.29, 0.717) is 18.1 Å². The smallest absolute Gasteiger partial charge is 0.144 e. The molecule has 0 bridgehead atoms. The van der Waals surface area contributed by atoms with Gasteiger partial charge in [0.1, 0.15) is 5.78 Å². The van der Waals surface area contributed by atoms with E-state index < -0.39 is 0 Å². The number of hydrogen-bond acceptors (Lipinski definition) is 3. The Balaban J connectivity index is 2.15. The molecule has 0 spiro atoms. The standard InChI is InChI=1S/C16H26BrN3O/c1-5-12-15(17)13(20(4)19-12)9-14(21)16(2,3)11-7-6-8-18-10-11/h11,18H,5-10H2,1-4H3. The monoisotopic (exact) mass is 355 g/mol. The molecular formula is C16H26BrN3O. The fraction of sp³-hybridized carbons (Fsp3) is 0.750. The number of carbonyl (C=O) groups excluding carboxylic acids is 1. The van der Waals surface area contributed by atoms with Crippen LogP contribution in [0.15, 0.2) is 4.47 Å². The maximum absolute atomic E-state index is 12.8. The SMILES string of the molecule is CCc1nn(C)c(CC(=O)C(C)(C)C2CCCNC2)c1Br. The first-order chi connectivity index (χ1) is 9.87. The van der Waals surface area contributed by atoms with Gasteiger partial charge in [0.2, 0.25) is 0 Å². The molecule has 0 amide bonds. The Morgan fingerprint density at radius 2 is 2.24 bits per heavy atom. The van der Waals surface area contributed by atoms with E-state index in [1.54, 1.807) is 0 Å². The van der Waals surface area contributed by atoms with Gasteiger partial charge in [0, 0.05) is 12.5 Å². The summed E-state index contributed by atoms with van der Waals surface area (Å²) in [6.45, 7) is 8.30. The van der Waals surface area contributed by atoms with Crippen molar-refractivity contribution in [2.75, 3.05) is 13.1 Å². The van der Waals surface area contributed by atoms with Crippen LogP contribution in [0.25, 0.3) is 0 Å². The van der Waals surface area contributed by atoms with Gasteiger partial charge in [0.25, 0.3) is 0 Å². The second-order valence-electron chi connectivity index (χ2n) is 6.55. The Kier molecular flexibility index (Phi) is 5.25. The normalized spacial score (nSPS) is 19.8. The Morgan fingerprint density at radius 1 is 1.52 bits per heavy atom. The van der Waals surface area contributed by atoms with Gasteiger partial charge in [-0.25, -0.2) is 0 Å². The minimum absolute atomic E-state index is 0.288. The molecule has 1 aromatic rings. The topological polar surface area (TPSA) is 46.9 Å². The molecule has 0 radical (unpaired) electrons. The second-order valence-corrected chi connectivity index (χ2v) is 7.34. The fourth-order valence-corrected chi connectivity index (χ4v) is 3.84. The van der Waals surface area contributed by atoms with Crippen LogP contribution in [0.1, 0.15) is 45.0 Å². The first kappa shape index (κ1) is 16.7. The largest absolute Gasteiger partial charge is 0.316 e. The predicted molar refractivity (Wildman–Crippen MR) is 88.4 cm³/mol. The lowest BCUT2D eigenvalue weighted by molar-refractivity contribution is -0.129. The van der Waals surface area contributed by atoms with Crippen LogP contribution in [0, 0.1) is 11.3 Å². The number of piperidine rings is 1. The lowest BCUT2D eigenvalue weighted by Gasteiger charge is -2.36. The maximum atomic E-state index is 12.8. The van der Waals surface area contributed by atoms with Crippen LogP contribution in [-0.2, 0) is 24.7 Å². The number of hydrogen-bond donors (Lipinski definition) is 1. The molecule has 1 N–H and O–H groups in total. The minimum atomic E-state index is -0.288. The molecule has 5 heteroatoms. The molecule has 0 saturated carbocycles. The summed E-state index contributed by atoms with van der Waals surface area (Å²) >= 11 is 3.61. The molecule has 2 heterocycles. The average Bonchev–Trinajstić information content (AvgIpc) is 2.75. The minimum Gasteiger partial charge on any atom is -0.316 e. The van der Waals surface area contributed by atoms with Crippen LogP contribution < -0.4 is 5.32 Å². The highest BCUT2D eigenvalue weighted by Crippen LogP contribution is 2.34. The molecule has 1 aliphatic heterocycles. The summed E-state index contributed by atoms with van der Waals surface area (Å²) in [5, 5.41) is 7.90. The van der Waals surface area contributed by atoms with Crippen LogP contribution in [0.4, 0.5) is 0 Å². The van der Waals surface area contributed by atoms with Crippen LogP contribution >= 0.6 is 15.9 Å². The van der Waals surface area contributed by atoms with Gasteiger partial charge in [-0.1, -0.05) is 20.8 Å². The van der Waals surface area contributed by atoms with Gasteiger partial charge < -0.3 is 5.32 Å². The summed E-state index contributed by atoms with van der Waals surface area (Å²) in [6.07, 6.45) is 3.63. The van der Waals surface area contributed by atoms with Crippen molar-refractivity contribution in [1.29, 1.82) is 0 Å². The average molecular weight is 356 g/mol. The Morgan fingerprint density at radius 3 is 2.76 bits per heavy atom. The molecule has 118 valence electrons. The Bertz CT molecular complexity index is 516. The molecule has 1 aliphatic rings. The van der Waals surface area contributed by atoms with Crippen molar-refractivity contribution in [3.63, 3.8) is 0 Å². The number of carbonyl (C=O) groups is 1. The summed E-state index contributed by atoms with van der Waals surface area (Å²) in [5.74, 6) is 0.735. The molecule has 1 aromatic heterocycles. The second kappa shape index (κ2) is 6.61. The predicted octanol–water partition coefficient (Wildman–Crippen LogP) is 2.88. The van der Waals surface area contributed by atoms with Gasteiger partial charge in [-0.05, 0) is 54.2 Å². The van der Waals surface area contributed by atoms with Gasteiger partial charge in [0.05, 0.1) is 22.3 Å². The number of ketones is 1. The third-order valence-electron chi connectivity index (χ3n) is 4.87. The molecule has 1 fully saturated rings. The van der Waals surface area contributed by atoms with E-state index in [-0.39, 0.29) is 5.41 Å². The van der Waals surface area contributed by atoms with Crippen molar-refractivity contribution >= 4 is 21.7 Å². The van der Waals surface area contributed by atoms with Gasteiger partial charge in [0.15, 0.2) is 0 Å². The summed E-state index contributed by atoms with van der Waals surface area (Å²) in [5.41, 5.74) is 1.73. The van der Waals surface area contributed by atoms with Crippen molar-refractivity contribution in [2.24, 2.45) is 18.4 Å². The van der Waals surface area contributed by atoms with E-state index in [1.165, 1.54) is 0 Å². The molecule has 1 unspecified atom stereocenters. The van der Waals surface area contributed by atoms with Crippen molar-refractivity contribution < 1.29 is 4.79 Å². The third kappa shape index (κ3) is 3.39. The zero-order chi connectivity index (χ0) is 15.6. The molecular weight excluding hydrogens is 330 g/mol. The molecule has 1 atom stereocenters. The quantitative estimate of drug-likeness (QED) is 0.883. The maximum Gasteiger partial charge on any atom is 0.144 e. The summed E-state index contributed by atoms with van der Waals surface area (Å²) in [7, 11) is 1.92. The van der Waals surface area contributed by atoms with E-state index in [0.717, 1.165) is 48.2 Å². The Labute approximate surface area is 135 Å².